The Kier molecular flexibility index (Phi) is 1.73. The quantitative estimate of drug-likeness (QED) is 0.303. The normalized spacial score (nSPS) is 34.8. The monoisotopic (exact) mass is 200 g/mol. The van der Waals surface area contributed by atoms with E-state index in [1.807, 2.05) is 0 Å². The van der Waals surface area contributed by atoms with Crippen molar-refractivity contribution in [2.24, 2.45) is 11.3 Å². The van der Waals surface area contributed by atoms with Gasteiger partial charge >= 0.3 is 17.9 Å². The van der Waals surface area contributed by atoms with Gasteiger partial charge in [-0.1, -0.05) is 0 Å². The van der Waals surface area contributed by atoms with E-state index in [1.54, 1.807) is 0 Å². The van der Waals surface area contributed by atoms with E-state index in [2.05, 4.69) is 14.2 Å². The van der Waals surface area contributed by atoms with Gasteiger partial charge in [0, 0.05) is 0 Å². The summed E-state index contributed by atoms with van der Waals surface area (Å²) in [6, 6.07) is 0. The second kappa shape index (κ2) is 2.70. The summed E-state index contributed by atoms with van der Waals surface area (Å²) in [5.74, 6) is -2.93. The first kappa shape index (κ1) is 8.98. The zero-order chi connectivity index (χ0) is 10.3. The van der Waals surface area contributed by atoms with Gasteiger partial charge in [0.25, 0.3) is 0 Å². The minimum absolute atomic E-state index is 0.104. The number of ether oxygens (including phenoxy) is 3. The average molecular weight is 200 g/mol. The summed E-state index contributed by atoms with van der Waals surface area (Å²) in [7, 11) is 1.16. The Bertz CT molecular complexity index is 322. The molecule has 0 bridgehead atoms. The molecule has 6 heteroatoms. The van der Waals surface area contributed by atoms with Crippen molar-refractivity contribution < 1.29 is 28.6 Å². The molecule has 2 aliphatic rings. The van der Waals surface area contributed by atoms with Gasteiger partial charge in [-0.3, -0.25) is 14.4 Å². The molecule has 2 atom stereocenters. The summed E-state index contributed by atoms with van der Waals surface area (Å²) in [5.41, 5.74) is -1.55. The number of carbonyl (C=O) groups is 3. The molecule has 14 heavy (non-hydrogen) atoms. The van der Waals surface area contributed by atoms with Crippen molar-refractivity contribution >= 4 is 17.9 Å². The van der Waals surface area contributed by atoms with Gasteiger partial charge in [-0.2, -0.15) is 0 Å². The van der Waals surface area contributed by atoms with Crippen molar-refractivity contribution in [3.05, 3.63) is 0 Å². The zero-order valence-corrected chi connectivity index (χ0v) is 7.44. The molecule has 0 aromatic heterocycles. The summed E-state index contributed by atoms with van der Waals surface area (Å²) in [5, 5.41) is 0. The van der Waals surface area contributed by atoms with Crippen LogP contribution in [-0.2, 0) is 28.6 Å². The molecule has 0 amide bonds. The van der Waals surface area contributed by atoms with E-state index >= 15 is 0 Å². The first-order valence-electron chi connectivity index (χ1n) is 4.05. The lowest BCUT2D eigenvalue weighted by Crippen LogP contribution is -2.42. The number of rotatable bonds is 1. The Morgan fingerprint density at radius 3 is 2.86 bits per heavy atom. The third-order valence-corrected chi connectivity index (χ3v) is 2.62. The zero-order valence-electron chi connectivity index (χ0n) is 7.44. The topological polar surface area (TPSA) is 78.9 Å². The third-order valence-electron chi connectivity index (χ3n) is 2.62. The molecule has 0 spiro atoms. The fourth-order valence-corrected chi connectivity index (χ4v) is 1.75. The first-order chi connectivity index (χ1) is 6.63. The molecule has 0 aliphatic carbocycles. The largest absolute Gasteiger partial charge is 0.468 e. The number of esters is 3. The van der Waals surface area contributed by atoms with Gasteiger partial charge in [-0.15, -0.1) is 0 Å². The molecule has 2 fully saturated rings. The molecule has 0 N–H and O–H groups in total. The maximum absolute atomic E-state index is 11.4. The van der Waals surface area contributed by atoms with Crippen molar-refractivity contribution in [3.63, 3.8) is 0 Å². The summed E-state index contributed by atoms with van der Waals surface area (Å²) >= 11 is 0. The predicted octanol–water partition coefficient (Wildman–Crippen LogP) is -1.12. The summed E-state index contributed by atoms with van der Waals surface area (Å²) in [4.78, 5) is 34.0. The van der Waals surface area contributed by atoms with Gasteiger partial charge in [0.05, 0.1) is 7.11 Å². The molecule has 2 rings (SSSR count). The van der Waals surface area contributed by atoms with Crippen molar-refractivity contribution in [1.29, 1.82) is 0 Å². The van der Waals surface area contributed by atoms with Gasteiger partial charge in [-0.05, 0) is 0 Å². The van der Waals surface area contributed by atoms with E-state index in [0.29, 0.717) is 0 Å². The minimum Gasteiger partial charge on any atom is -0.468 e. The molecule has 0 radical (unpaired) electrons. The number of cyclic esters (lactones) is 2. The van der Waals surface area contributed by atoms with Crippen LogP contribution in [0.25, 0.3) is 0 Å². The van der Waals surface area contributed by atoms with E-state index < -0.39 is 29.2 Å². The smallest absolute Gasteiger partial charge is 0.328 e. The van der Waals surface area contributed by atoms with Crippen LogP contribution in [0.1, 0.15) is 0 Å². The standard InChI is InChI=1S/C8H8O6/c1-12-6(10)8-3-14-5(9)4(8)2-13-7(8)11/h4H,2-3H2,1H3/t4-,8+/m1/s1. The first-order valence-corrected chi connectivity index (χ1v) is 4.05. The van der Waals surface area contributed by atoms with Crippen LogP contribution in [-0.4, -0.2) is 38.2 Å². The number of methoxy groups -OCH3 is 1. The molecule has 0 aromatic carbocycles. The number of hydrogen-bond donors (Lipinski definition) is 0. The fraction of sp³-hybridized carbons (Fsp3) is 0.625. The summed E-state index contributed by atoms with van der Waals surface area (Å²) in [6.07, 6.45) is 0. The minimum atomic E-state index is -1.55. The van der Waals surface area contributed by atoms with E-state index in [0.717, 1.165) is 7.11 Å². The van der Waals surface area contributed by atoms with Crippen molar-refractivity contribution in [2.45, 2.75) is 0 Å². The van der Waals surface area contributed by atoms with Crippen molar-refractivity contribution in [2.75, 3.05) is 20.3 Å². The Morgan fingerprint density at radius 1 is 1.50 bits per heavy atom. The highest BCUT2D eigenvalue weighted by atomic mass is 16.6. The molecule has 2 heterocycles. The Hall–Kier alpha value is -1.59. The number of carbonyl (C=O) groups excluding carboxylic acids is 3. The average Bonchev–Trinajstić information content (AvgIpc) is 2.68. The van der Waals surface area contributed by atoms with Gasteiger partial charge in [0.15, 0.2) is 0 Å². The molecular formula is C8H8O6. The predicted molar refractivity (Wildman–Crippen MR) is 39.9 cm³/mol. The van der Waals surface area contributed by atoms with Crippen molar-refractivity contribution in [3.8, 4) is 0 Å². The third kappa shape index (κ3) is 0.826. The highest BCUT2D eigenvalue weighted by Crippen LogP contribution is 2.42. The van der Waals surface area contributed by atoms with E-state index in [1.165, 1.54) is 0 Å². The van der Waals surface area contributed by atoms with Crippen LogP contribution in [0, 0.1) is 11.3 Å². The Morgan fingerprint density at radius 2 is 2.21 bits per heavy atom. The summed E-state index contributed by atoms with van der Waals surface area (Å²) < 4.78 is 13.8. The SMILES string of the molecule is COC(=O)[C@]12COC(=O)[C@H]1COC2=O. The lowest BCUT2D eigenvalue weighted by molar-refractivity contribution is -0.164. The molecule has 0 unspecified atom stereocenters. The number of hydrogen-bond acceptors (Lipinski definition) is 6. The lowest BCUT2D eigenvalue weighted by atomic mass is 9.80. The molecule has 0 saturated carbocycles. The van der Waals surface area contributed by atoms with Gasteiger partial charge in [0.1, 0.15) is 19.1 Å². The second-order valence-corrected chi connectivity index (χ2v) is 3.22. The van der Waals surface area contributed by atoms with Crippen LogP contribution < -0.4 is 0 Å². The Labute approximate surface area is 79.1 Å². The molecule has 2 aliphatic heterocycles. The molecular weight excluding hydrogens is 192 g/mol. The van der Waals surface area contributed by atoms with Crippen LogP contribution in [0.2, 0.25) is 0 Å². The second-order valence-electron chi connectivity index (χ2n) is 3.22. The van der Waals surface area contributed by atoms with Gasteiger partial charge in [0.2, 0.25) is 5.41 Å². The highest BCUT2D eigenvalue weighted by molar-refractivity contribution is 6.07. The van der Waals surface area contributed by atoms with E-state index in [-0.39, 0.29) is 13.2 Å². The van der Waals surface area contributed by atoms with Crippen LogP contribution in [0.4, 0.5) is 0 Å². The van der Waals surface area contributed by atoms with Crippen LogP contribution in [0.15, 0.2) is 0 Å². The maximum atomic E-state index is 11.4. The molecule has 2 saturated heterocycles. The highest BCUT2D eigenvalue weighted by Gasteiger charge is 2.67. The van der Waals surface area contributed by atoms with Crippen LogP contribution in [0.3, 0.4) is 0 Å². The lowest BCUT2D eigenvalue weighted by Gasteiger charge is -2.16. The number of fused-ring (bicyclic) bond motifs is 1. The Balaban J connectivity index is 2.42. The van der Waals surface area contributed by atoms with Crippen LogP contribution in [0.5, 0.6) is 0 Å². The van der Waals surface area contributed by atoms with E-state index in [4.69, 9.17) is 0 Å². The molecule has 76 valence electrons. The van der Waals surface area contributed by atoms with Crippen molar-refractivity contribution in [1.82, 2.24) is 0 Å². The van der Waals surface area contributed by atoms with Gasteiger partial charge < -0.3 is 14.2 Å². The maximum Gasteiger partial charge on any atom is 0.328 e. The molecule has 0 aromatic rings. The van der Waals surface area contributed by atoms with Crippen LogP contribution >= 0.6 is 0 Å². The molecule has 6 nitrogen and oxygen atoms in total. The fourth-order valence-electron chi connectivity index (χ4n) is 1.75. The van der Waals surface area contributed by atoms with E-state index in [9.17, 15) is 14.4 Å². The van der Waals surface area contributed by atoms with Gasteiger partial charge in [-0.25, -0.2) is 0 Å². The summed E-state index contributed by atoms with van der Waals surface area (Å²) in [6.45, 7) is -0.380.